The number of rotatable bonds is 7. The number of aromatic nitrogens is 3. The van der Waals surface area contributed by atoms with Gasteiger partial charge in [-0.2, -0.15) is 9.61 Å². The van der Waals surface area contributed by atoms with Crippen molar-refractivity contribution in [2.45, 2.75) is 32.6 Å². The third-order valence-electron chi connectivity index (χ3n) is 5.61. The average Bonchev–Trinajstić information content (AvgIpc) is 3.19. The fraction of sp³-hybridized carbons (Fsp3) is 0.417. The molecule has 0 bridgehead atoms. The predicted octanol–water partition coefficient (Wildman–Crippen LogP) is 5.59. The lowest BCUT2D eigenvalue weighted by Crippen LogP contribution is -2.38. The first-order chi connectivity index (χ1) is 15.2. The number of fused-ring (bicyclic) bond motifs is 1. The third kappa shape index (κ3) is 5.66. The Morgan fingerprint density at radius 3 is 2.87 bits per heavy atom. The lowest BCUT2D eigenvalue weighted by molar-refractivity contribution is 0.178. The van der Waals surface area contributed by atoms with E-state index in [4.69, 9.17) is 4.98 Å². The zero-order chi connectivity index (χ0) is 22.2. The van der Waals surface area contributed by atoms with Crippen molar-refractivity contribution in [1.82, 2.24) is 19.5 Å². The minimum absolute atomic E-state index is 0.227. The summed E-state index contributed by atoms with van der Waals surface area (Å²) in [5.41, 5.74) is 2.18. The van der Waals surface area contributed by atoms with Crippen LogP contribution >= 0.6 is 15.9 Å². The Bertz CT molecular complexity index is 989. The van der Waals surface area contributed by atoms with Gasteiger partial charge in [0.2, 0.25) is 0 Å². The van der Waals surface area contributed by atoms with Gasteiger partial charge in [0.1, 0.15) is 11.6 Å². The summed E-state index contributed by atoms with van der Waals surface area (Å²) in [4.78, 5) is 7.31. The highest BCUT2D eigenvalue weighted by atomic mass is 79.9. The molecule has 7 heteroatoms. The van der Waals surface area contributed by atoms with Crippen LogP contribution in [0.5, 0.6) is 5.75 Å². The Morgan fingerprint density at radius 1 is 1.29 bits per heavy atom. The second-order valence-electron chi connectivity index (χ2n) is 7.82. The molecule has 6 nitrogen and oxygen atoms in total. The van der Waals surface area contributed by atoms with Crippen LogP contribution in [0.4, 0.5) is 5.82 Å². The van der Waals surface area contributed by atoms with Crippen LogP contribution in [0.3, 0.4) is 0 Å². The minimum Gasteiger partial charge on any atom is -0.507 e. The van der Waals surface area contributed by atoms with E-state index in [9.17, 15) is 5.11 Å². The second-order valence-corrected chi connectivity index (χ2v) is 8.67. The standard InChI is InChI=1S/C22H28BrN5O.C2H4/c1-2-3-10-27-11-6-7-16(15-27)13-24-21-12-19(17-8-4-5-9-20(17)29)26-22-18(23)14-25-28(21)22;1-2/h4-5,8-9,12,14,16,24,29H,2-3,6-7,10-11,13,15H2,1H3;1-2H2. The summed E-state index contributed by atoms with van der Waals surface area (Å²) in [5.74, 6) is 1.74. The minimum atomic E-state index is 0.227. The van der Waals surface area contributed by atoms with Crippen molar-refractivity contribution in [2.24, 2.45) is 5.92 Å². The van der Waals surface area contributed by atoms with Gasteiger partial charge in [-0.15, -0.1) is 13.2 Å². The molecular weight excluding hydrogens is 454 g/mol. The molecule has 2 N–H and O–H groups in total. The number of nitrogens with one attached hydrogen (secondary N) is 1. The van der Waals surface area contributed by atoms with E-state index in [0.29, 0.717) is 5.92 Å². The quantitative estimate of drug-likeness (QED) is 0.426. The van der Waals surface area contributed by atoms with Crippen LogP contribution in [0.25, 0.3) is 16.9 Å². The highest BCUT2D eigenvalue weighted by Crippen LogP contribution is 2.31. The first kappa shape index (κ1) is 23.3. The van der Waals surface area contributed by atoms with Gasteiger partial charge in [-0.05, 0) is 66.3 Å². The SMILES string of the molecule is C=C.CCCCN1CCCC(CNc2cc(-c3ccccc3O)nc3c(Br)cnn23)C1. The molecule has 4 rings (SSSR count). The zero-order valence-corrected chi connectivity index (χ0v) is 19.8. The van der Waals surface area contributed by atoms with E-state index in [0.717, 1.165) is 40.3 Å². The number of nitrogens with zero attached hydrogens (tertiary/aromatic N) is 4. The maximum atomic E-state index is 10.3. The predicted molar refractivity (Wildman–Crippen MR) is 132 cm³/mol. The molecule has 0 radical (unpaired) electrons. The lowest BCUT2D eigenvalue weighted by Gasteiger charge is -2.33. The lowest BCUT2D eigenvalue weighted by atomic mass is 9.97. The molecule has 1 aromatic carbocycles. The number of para-hydroxylation sites is 1. The number of halogens is 1. The van der Waals surface area contributed by atoms with Crippen molar-refractivity contribution < 1.29 is 5.11 Å². The van der Waals surface area contributed by atoms with Crippen molar-refractivity contribution >= 4 is 27.4 Å². The number of likely N-dealkylation sites (tertiary alicyclic amines) is 1. The maximum Gasteiger partial charge on any atom is 0.172 e. The van der Waals surface area contributed by atoms with Crippen LogP contribution in [-0.2, 0) is 0 Å². The molecule has 166 valence electrons. The van der Waals surface area contributed by atoms with Gasteiger partial charge in [0.05, 0.1) is 16.4 Å². The van der Waals surface area contributed by atoms with Crippen LogP contribution in [0.15, 0.2) is 54.2 Å². The van der Waals surface area contributed by atoms with E-state index in [1.54, 1.807) is 12.3 Å². The Kier molecular flexibility index (Phi) is 8.49. The number of hydrogen-bond acceptors (Lipinski definition) is 5. The molecule has 2 aromatic heterocycles. The van der Waals surface area contributed by atoms with Gasteiger partial charge >= 0.3 is 0 Å². The van der Waals surface area contributed by atoms with E-state index in [-0.39, 0.29) is 5.75 Å². The molecule has 1 unspecified atom stereocenters. The van der Waals surface area contributed by atoms with Crippen molar-refractivity contribution in [1.29, 1.82) is 0 Å². The molecule has 1 aliphatic heterocycles. The summed E-state index contributed by atoms with van der Waals surface area (Å²) in [5, 5.41) is 18.4. The van der Waals surface area contributed by atoms with E-state index in [1.165, 1.54) is 38.8 Å². The smallest absolute Gasteiger partial charge is 0.172 e. The van der Waals surface area contributed by atoms with E-state index < -0.39 is 0 Å². The molecule has 1 aliphatic rings. The molecule has 1 atom stereocenters. The van der Waals surface area contributed by atoms with Crippen molar-refractivity contribution in [3.8, 4) is 17.0 Å². The summed E-state index contributed by atoms with van der Waals surface area (Å²) in [6.45, 7) is 12.7. The number of unbranched alkanes of at least 4 members (excludes halogenated alkanes) is 1. The Morgan fingerprint density at radius 2 is 2.10 bits per heavy atom. The summed E-state index contributed by atoms with van der Waals surface area (Å²) < 4.78 is 2.66. The normalized spacial score (nSPS) is 16.6. The molecular formula is C24H32BrN5O. The number of anilines is 1. The molecule has 3 aromatic rings. The number of phenols is 1. The van der Waals surface area contributed by atoms with Crippen molar-refractivity contribution in [3.63, 3.8) is 0 Å². The van der Waals surface area contributed by atoms with Crippen LogP contribution in [0.1, 0.15) is 32.6 Å². The first-order valence-electron chi connectivity index (χ1n) is 10.9. The number of phenolic OH excluding ortho intramolecular Hbond substituents is 1. The van der Waals surface area contributed by atoms with Crippen LogP contribution in [-0.4, -0.2) is 50.8 Å². The molecule has 0 amide bonds. The zero-order valence-electron chi connectivity index (χ0n) is 18.2. The fourth-order valence-electron chi connectivity index (χ4n) is 4.04. The second kappa shape index (κ2) is 11.3. The van der Waals surface area contributed by atoms with Crippen molar-refractivity contribution in [3.05, 3.63) is 54.2 Å². The largest absolute Gasteiger partial charge is 0.507 e. The number of piperidine rings is 1. The van der Waals surface area contributed by atoms with Gasteiger partial charge in [-0.3, -0.25) is 0 Å². The fourth-order valence-corrected chi connectivity index (χ4v) is 4.39. The van der Waals surface area contributed by atoms with Gasteiger partial charge < -0.3 is 15.3 Å². The van der Waals surface area contributed by atoms with Gasteiger partial charge in [0, 0.05) is 24.7 Å². The van der Waals surface area contributed by atoms with Crippen LogP contribution < -0.4 is 5.32 Å². The Labute approximate surface area is 193 Å². The molecule has 1 saturated heterocycles. The molecule has 0 spiro atoms. The first-order valence-corrected chi connectivity index (χ1v) is 11.7. The Balaban J connectivity index is 0.00000132. The molecule has 31 heavy (non-hydrogen) atoms. The number of aromatic hydroxyl groups is 1. The van der Waals surface area contributed by atoms with Gasteiger partial charge in [0.25, 0.3) is 0 Å². The Hall–Kier alpha value is -2.38. The van der Waals surface area contributed by atoms with E-state index >= 15 is 0 Å². The highest BCUT2D eigenvalue weighted by Gasteiger charge is 2.20. The molecule has 0 aliphatic carbocycles. The summed E-state index contributed by atoms with van der Waals surface area (Å²) in [6, 6.07) is 9.27. The van der Waals surface area contributed by atoms with Gasteiger partial charge in [0.15, 0.2) is 5.65 Å². The molecule has 3 heterocycles. The average molecular weight is 486 g/mol. The molecule has 1 fully saturated rings. The van der Waals surface area contributed by atoms with Crippen LogP contribution in [0.2, 0.25) is 0 Å². The summed E-state index contributed by atoms with van der Waals surface area (Å²) in [7, 11) is 0. The summed E-state index contributed by atoms with van der Waals surface area (Å²) >= 11 is 3.54. The number of benzene rings is 1. The monoisotopic (exact) mass is 485 g/mol. The highest BCUT2D eigenvalue weighted by molar-refractivity contribution is 9.10. The van der Waals surface area contributed by atoms with Gasteiger partial charge in [-0.1, -0.05) is 25.5 Å². The third-order valence-corrected chi connectivity index (χ3v) is 6.17. The topological polar surface area (TPSA) is 65.7 Å². The van der Waals surface area contributed by atoms with Crippen LogP contribution in [0, 0.1) is 5.92 Å². The van der Waals surface area contributed by atoms with E-state index in [1.807, 2.05) is 28.8 Å². The number of hydrogen-bond donors (Lipinski definition) is 2. The summed E-state index contributed by atoms with van der Waals surface area (Å²) in [6.07, 6.45) is 6.79. The molecule has 0 saturated carbocycles. The van der Waals surface area contributed by atoms with Crippen molar-refractivity contribution in [2.75, 3.05) is 31.5 Å². The van der Waals surface area contributed by atoms with E-state index in [2.05, 4.69) is 51.3 Å². The van der Waals surface area contributed by atoms with Gasteiger partial charge in [-0.25, -0.2) is 4.98 Å². The maximum absolute atomic E-state index is 10.3.